The Morgan fingerprint density at radius 1 is 0.974 bits per heavy atom. The van der Waals surface area contributed by atoms with E-state index in [2.05, 4.69) is 32.7 Å². The number of amides is 2. The minimum Gasteiger partial charge on any atom is -0.379 e. The lowest BCUT2D eigenvalue weighted by atomic mass is 9.87. The zero-order chi connectivity index (χ0) is 27.8. The molecule has 1 N–H and O–H groups in total. The fourth-order valence-electron chi connectivity index (χ4n) is 3.91. The van der Waals surface area contributed by atoms with Gasteiger partial charge in [-0.1, -0.05) is 82.3 Å². The molecule has 2 rings (SSSR count). The van der Waals surface area contributed by atoms with Crippen molar-refractivity contribution in [2.24, 2.45) is 5.41 Å². The van der Waals surface area contributed by atoms with Gasteiger partial charge in [-0.15, -0.1) is 0 Å². The summed E-state index contributed by atoms with van der Waals surface area (Å²) in [4.78, 5) is 27.4. The van der Waals surface area contributed by atoms with E-state index in [0.29, 0.717) is 38.3 Å². The Balaban J connectivity index is 1.73. The molecule has 0 aliphatic carbocycles. The number of hydrogen-bond acceptors (Lipinski definition) is 4. The average molecular weight is 523 g/mol. The second-order valence-electron chi connectivity index (χ2n) is 10.4. The third-order valence-electron chi connectivity index (χ3n) is 6.92. The predicted octanol–water partition coefficient (Wildman–Crippen LogP) is 6.32. The molecule has 38 heavy (non-hydrogen) atoms. The van der Waals surface area contributed by atoms with E-state index < -0.39 is 0 Å². The summed E-state index contributed by atoms with van der Waals surface area (Å²) in [7, 11) is 0. The second kappa shape index (κ2) is 16.8. The summed E-state index contributed by atoms with van der Waals surface area (Å²) in [6, 6.07) is 15.7. The number of nitrogens with zero attached hydrogens (tertiary/aromatic N) is 1. The highest BCUT2D eigenvalue weighted by molar-refractivity contribution is 5.96. The Bertz CT molecular complexity index is 1020. The third kappa shape index (κ3) is 11.2. The monoisotopic (exact) mass is 522 g/mol. The van der Waals surface area contributed by atoms with Gasteiger partial charge in [0.05, 0.1) is 19.8 Å². The van der Waals surface area contributed by atoms with E-state index in [1.54, 1.807) is 11.0 Å². The summed E-state index contributed by atoms with van der Waals surface area (Å²) >= 11 is 0. The van der Waals surface area contributed by atoms with Gasteiger partial charge in [-0.05, 0) is 47.9 Å². The van der Waals surface area contributed by atoms with E-state index in [4.69, 9.17) is 9.47 Å². The van der Waals surface area contributed by atoms with Gasteiger partial charge in [0.15, 0.2) is 0 Å². The van der Waals surface area contributed by atoms with Crippen LogP contribution in [0.3, 0.4) is 0 Å². The highest BCUT2D eigenvalue weighted by atomic mass is 16.5. The number of rotatable bonds is 18. The number of nitrogens with one attached hydrogen (secondary N) is 1. The molecule has 0 aromatic heterocycles. The van der Waals surface area contributed by atoms with E-state index in [0.717, 1.165) is 48.2 Å². The van der Waals surface area contributed by atoms with Crippen LogP contribution in [0.15, 0.2) is 55.1 Å². The number of aryl methyl sites for hydroxylation is 1. The van der Waals surface area contributed by atoms with E-state index in [1.165, 1.54) is 0 Å². The standard InChI is InChI=1S/C32H46N2O4/c1-6-27-14-9-10-15-28(27)25-34(29-16-11-8-13-26(29)3)31(36)18-17-30(35)33-20-12-21-37-23-24-38-22-19-32(4,5)7-2/h6,8-11,13-16H,1,7,12,17-25H2,2-5H3,(H,33,35). The van der Waals surface area contributed by atoms with Crippen LogP contribution in [-0.4, -0.2) is 44.8 Å². The molecule has 0 atom stereocenters. The molecule has 0 aliphatic rings. The van der Waals surface area contributed by atoms with Crippen LogP contribution in [0.2, 0.25) is 0 Å². The molecule has 0 bridgehead atoms. The molecule has 0 unspecified atom stereocenters. The number of hydrogen-bond donors (Lipinski definition) is 1. The smallest absolute Gasteiger partial charge is 0.227 e. The fourth-order valence-corrected chi connectivity index (χ4v) is 3.91. The Hall–Kier alpha value is -2.96. The molecule has 0 heterocycles. The van der Waals surface area contributed by atoms with Gasteiger partial charge in [0.2, 0.25) is 11.8 Å². The van der Waals surface area contributed by atoms with E-state index in [9.17, 15) is 9.59 Å². The molecule has 208 valence electrons. The third-order valence-corrected chi connectivity index (χ3v) is 6.92. The van der Waals surface area contributed by atoms with Crippen molar-refractivity contribution in [3.8, 4) is 0 Å². The number of carbonyl (C=O) groups excluding carboxylic acids is 2. The van der Waals surface area contributed by atoms with Crippen molar-refractivity contribution in [1.29, 1.82) is 0 Å². The van der Waals surface area contributed by atoms with Gasteiger partial charge in [-0.3, -0.25) is 9.59 Å². The number of benzene rings is 2. The first-order chi connectivity index (χ1) is 18.3. The van der Waals surface area contributed by atoms with E-state index in [1.807, 2.05) is 55.5 Å². The van der Waals surface area contributed by atoms with Crippen molar-refractivity contribution in [2.45, 2.75) is 66.3 Å². The van der Waals surface area contributed by atoms with E-state index >= 15 is 0 Å². The highest BCUT2D eigenvalue weighted by Crippen LogP contribution is 2.25. The minimum absolute atomic E-state index is 0.0843. The first-order valence-corrected chi connectivity index (χ1v) is 13.8. The van der Waals surface area contributed by atoms with Crippen LogP contribution in [0.25, 0.3) is 6.08 Å². The van der Waals surface area contributed by atoms with Crippen molar-refractivity contribution < 1.29 is 19.1 Å². The fraction of sp³-hybridized carbons (Fsp3) is 0.500. The molecule has 0 aliphatic heterocycles. The SMILES string of the molecule is C=Cc1ccccc1CN(C(=O)CCC(=O)NCCCOCCOCCC(C)(C)CC)c1ccccc1C. The van der Waals surface area contributed by atoms with Crippen LogP contribution < -0.4 is 10.2 Å². The van der Waals surface area contributed by atoms with Crippen molar-refractivity contribution in [3.63, 3.8) is 0 Å². The molecule has 0 saturated heterocycles. The predicted molar refractivity (Wildman–Crippen MR) is 156 cm³/mol. The van der Waals surface area contributed by atoms with Gasteiger partial charge in [0.25, 0.3) is 0 Å². The summed E-state index contributed by atoms with van der Waals surface area (Å²) in [5.41, 5.74) is 4.19. The van der Waals surface area contributed by atoms with Gasteiger partial charge in [0.1, 0.15) is 0 Å². The number of anilines is 1. The van der Waals surface area contributed by atoms with Crippen LogP contribution in [0, 0.1) is 12.3 Å². The van der Waals surface area contributed by atoms with Crippen molar-refractivity contribution in [2.75, 3.05) is 37.9 Å². The molecular weight excluding hydrogens is 476 g/mol. The summed E-state index contributed by atoms with van der Waals surface area (Å²) < 4.78 is 11.2. The number of para-hydroxylation sites is 1. The Morgan fingerprint density at radius 2 is 1.66 bits per heavy atom. The van der Waals surface area contributed by atoms with E-state index in [-0.39, 0.29) is 24.7 Å². The maximum atomic E-state index is 13.3. The zero-order valence-corrected chi connectivity index (χ0v) is 23.8. The first-order valence-electron chi connectivity index (χ1n) is 13.8. The van der Waals surface area contributed by atoms with Crippen LogP contribution in [0.4, 0.5) is 5.69 Å². The molecule has 0 spiro atoms. The minimum atomic E-state index is -0.128. The van der Waals surface area contributed by atoms with Gasteiger partial charge >= 0.3 is 0 Å². The quantitative estimate of drug-likeness (QED) is 0.233. The molecule has 6 heteroatoms. The number of ether oxygens (including phenoxy) is 2. The Morgan fingerprint density at radius 3 is 2.37 bits per heavy atom. The van der Waals surface area contributed by atoms with Gasteiger partial charge < -0.3 is 19.7 Å². The Labute approximate surface area is 229 Å². The van der Waals surface area contributed by atoms with Crippen molar-refractivity contribution >= 4 is 23.6 Å². The van der Waals surface area contributed by atoms with Crippen LogP contribution in [0.1, 0.15) is 69.6 Å². The molecule has 2 aromatic carbocycles. The van der Waals surface area contributed by atoms with Crippen molar-refractivity contribution in [1.82, 2.24) is 5.32 Å². The lowest BCUT2D eigenvalue weighted by molar-refractivity contribution is -0.125. The zero-order valence-electron chi connectivity index (χ0n) is 23.8. The van der Waals surface area contributed by atoms with Crippen LogP contribution in [0.5, 0.6) is 0 Å². The molecule has 0 saturated carbocycles. The van der Waals surface area contributed by atoms with Crippen LogP contribution >= 0.6 is 0 Å². The Kier molecular flexibility index (Phi) is 13.8. The number of carbonyl (C=O) groups is 2. The maximum Gasteiger partial charge on any atom is 0.227 e. The summed E-state index contributed by atoms with van der Waals surface area (Å²) in [6.07, 6.45) is 4.99. The lowest BCUT2D eigenvalue weighted by Crippen LogP contribution is -2.33. The van der Waals surface area contributed by atoms with Gasteiger partial charge in [-0.25, -0.2) is 0 Å². The van der Waals surface area contributed by atoms with Crippen LogP contribution in [-0.2, 0) is 25.6 Å². The summed E-state index contributed by atoms with van der Waals surface area (Å²) in [6.45, 7) is 16.0. The maximum absolute atomic E-state index is 13.3. The molecule has 0 radical (unpaired) electrons. The van der Waals surface area contributed by atoms with Gasteiger partial charge in [0, 0.05) is 38.3 Å². The molecule has 6 nitrogen and oxygen atoms in total. The second-order valence-corrected chi connectivity index (χ2v) is 10.4. The average Bonchev–Trinajstić information content (AvgIpc) is 2.92. The van der Waals surface area contributed by atoms with Crippen molar-refractivity contribution in [3.05, 3.63) is 71.8 Å². The first kappa shape index (κ1) is 31.3. The molecular formula is C32H46N2O4. The summed E-state index contributed by atoms with van der Waals surface area (Å²) in [5, 5.41) is 2.90. The highest BCUT2D eigenvalue weighted by Gasteiger charge is 2.20. The molecule has 0 fully saturated rings. The topological polar surface area (TPSA) is 67.9 Å². The summed E-state index contributed by atoms with van der Waals surface area (Å²) in [5.74, 6) is -0.213. The largest absolute Gasteiger partial charge is 0.379 e. The molecule has 2 amide bonds. The lowest BCUT2D eigenvalue weighted by Gasteiger charge is -2.25. The van der Waals surface area contributed by atoms with Gasteiger partial charge in [-0.2, -0.15) is 0 Å². The molecule has 2 aromatic rings. The normalized spacial score (nSPS) is 11.3.